The number of likely N-dealkylation sites (N-methyl/N-ethyl adjacent to an activating group) is 1. The van der Waals surface area contributed by atoms with Gasteiger partial charge in [0.2, 0.25) is 12.7 Å². The minimum absolute atomic E-state index is 0.171. The molecule has 0 N–H and O–H groups in total. The zero-order valence-corrected chi connectivity index (χ0v) is 13.5. The summed E-state index contributed by atoms with van der Waals surface area (Å²) in [4.78, 5) is 16.8. The third-order valence-electron chi connectivity index (χ3n) is 4.54. The highest BCUT2D eigenvalue weighted by Crippen LogP contribution is 2.33. The zero-order valence-electron chi connectivity index (χ0n) is 13.5. The molecule has 5 heteroatoms. The molecule has 1 unspecified atom stereocenters. The van der Waals surface area contributed by atoms with E-state index >= 15 is 0 Å². The van der Waals surface area contributed by atoms with E-state index in [2.05, 4.69) is 31.9 Å². The van der Waals surface area contributed by atoms with Gasteiger partial charge in [0.25, 0.3) is 0 Å². The average Bonchev–Trinajstić information content (AvgIpc) is 2.92. The van der Waals surface area contributed by atoms with Crippen molar-refractivity contribution in [3.05, 3.63) is 23.8 Å². The molecule has 0 aliphatic carbocycles. The Morgan fingerprint density at radius 3 is 2.77 bits per heavy atom. The van der Waals surface area contributed by atoms with Crippen molar-refractivity contribution in [2.45, 2.75) is 26.3 Å². The standard InChI is InChI=1S/C17H24N2O3/c1-4-19(17(20)14-9-18(3)10-14)12(2)7-13-5-6-15-16(8-13)22-11-21-15/h5-6,8,12,14H,4,7,9-11H2,1-3H3. The smallest absolute Gasteiger partial charge is 0.231 e. The first-order chi connectivity index (χ1) is 10.6. The maximum Gasteiger partial charge on any atom is 0.231 e. The van der Waals surface area contributed by atoms with Gasteiger partial charge in [0.1, 0.15) is 0 Å². The molecule has 1 aromatic carbocycles. The predicted octanol–water partition coefficient (Wildman–Crippen LogP) is 1.76. The van der Waals surface area contributed by atoms with Gasteiger partial charge in [-0.15, -0.1) is 0 Å². The number of hydrogen-bond donors (Lipinski definition) is 0. The summed E-state index contributed by atoms with van der Waals surface area (Å²) in [6.45, 7) is 6.98. The molecule has 2 aliphatic rings. The topological polar surface area (TPSA) is 42.0 Å². The maximum absolute atomic E-state index is 12.6. The van der Waals surface area contributed by atoms with E-state index in [1.165, 1.54) is 5.56 Å². The molecule has 3 rings (SSSR count). The first-order valence-electron chi connectivity index (χ1n) is 7.96. The highest BCUT2D eigenvalue weighted by Gasteiger charge is 2.34. The Bertz CT molecular complexity index is 555. The second kappa shape index (κ2) is 6.16. The van der Waals surface area contributed by atoms with Crippen molar-refractivity contribution >= 4 is 5.91 Å². The summed E-state index contributed by atoms with van der Waals surface area (Å²) in [6.07, 6.45) is 0.832. The van der Waals surface area contributed by atoms with Gasteiger partial charge in [-0.25, -0.2) is 0 Å². The Morgan fingerprint density at radius 1 is 1.36 bits per heavy atom. The molecule has 0 spiro atoms. The first-order valence-corrected chi connectivity index (χ1v) is 7.96. The Kier molecular flexibility index (Phi) is 4.25. The molecule has 22 heavy (non-hydrogen) atoms. The molecule has 1 saturated heterocycles. The van der Waals surface area contributed by atoms with Crippen molar-refractivity contribution in [1.29, 1.82) is 0 Å². The molecule has 0 aromatic heterocycles. The van der Waals surface area contributed by atoms with Crippen LogP contribution in [0.3, 0.4) is 0 Å². The molecule has 0 saturated carbocycles. The van der Waals surface area contributed by atoms with Crippen LogP contribution in [0.25, 0.3) is 0 Å². The second-order valence-corrected chi connectivity index (χ2v) is 6.28. The second-order valence-electron chi connectivity index (χ2n) is 6.28. The highest BCUT2D eigenvalue weighted by molar-refractivity contribution is 5.80. The van der Waals surface area contributed by atoms with E-state index in [0.29, 0.717) is 6.79 Å². The SMILES string of the molecule is CCN(C(=O)C1CN(C)C1)C(C)Cc1ccc2c(c1)OCO2. The van der Waals surface area contributed by atoms with E-state index < -0.39 is 0 Å². The van der Waals surface area contributed by atoms with E-state index in [1.807, 2.05) is 17.0 Å². The van der Waals surface area contributed by atoms with Gasteiger partial charge in [0.15, 0.2) is 11.5 Å². The van der Waals surface area contributed by atoms with Crippen LogP contribution < -0.4 is 9.47 Å². The quantitative estimate of drug-likeness (QED) is 0.831. The maximum atomic E-state index is 12.6. The summed E-state index contributed by atoms with van der Waals surface area (Å²) < 4.78 is 10.8. The number of likely N-dealkylation sites (tertiary alicyclic amines) is 1. The van der Waals surface area contributed by atoms with Crippen LogP contribution in [0.1, 0.15) is 19.4 Å². The molecule has 1 fully saturated rings. The molecule has 1 aromatic rings. The van der Waals surface area contributed by atoms with Gasteiger partial charge in [0.05, 0.1) is 5.92 Å². The first kappa shape index (κ1) is 15.2. The fraction of sp³-hybridized carbons (Fsp3) is 0.588. The summed E-state index contributed by atoms with van der Waals surface area (Å²) in [7, 11) is 2.05. The van der Waals surface area contributed by atoms with Gasteiger partial charge in [-0.05, 0) is 45.0 Å². The van der Waals surface area contributed by atoms with Crippen molar-refractivity contribution in [2.75, 3.05) is 33.5 Å². The van der Waals surface area contributed by atoms with E-state index in [1.54, 1.807) is 0 Å². The fourth-order valence-electron chi connectivity index (χ4n) is 3.29. The lowest BCUT2D eigenvalue weighted by atomic mass is 9.97. The van der Waals surface area contributed by atoms with Crippen LogP contribution in [0.15, 0.2) is 18.2 Å². The lowest BCUT2D eigenvalue weighted by molar-refractivity contribution is -0.142. The van der Waals surface area contributed by atoms with Gasteiger partial charge in [-0.2, -0.15) is 0 Å². The summed E-state index contributed by atoms with van der Waals surface area (Å²) in [6, 6.07) is 6.21. The number of fused-ring (bicyclic) bond motifs is 1. The summed E-state index contributed by atoms with van der Waals surface area (Å²) in [5.74, 6) is 2.06. The van der Waals surface area contributed by atoms with Gasteiger partial charge < -0.3 is 19.3 Å². The van der Waals surface area contributed by atoms with Gasteiger partial charge in [0, 0.05) is 25.7 Å². The lowest BCUT2D eigenvalue weighted by Crippen LogP contribution is -2.54. The number of amides is 1. The van der Waals surface area contributed by atoms with Crippen LogP contribution in [-0.2, 0) is 11.2 Å². The van der Waals surface area contributed by atoms with E-state index in [4.69, 9.17) is 9.47 Å². The summed E-state index contributed by atoms with van der Waals surface area (Å²) in [5, 5.41) is 0. The minimum atomic E-state index is 0.171. The Labute approximate surface area is 131 Å². The zero-order chi connectivity index (χ0) is 15.7. The van der Waals surface area contributed by atoms with Gasteiger partial charge in [-0.1, -0.05) is 6.07 Å². The molecule has 0 bridgehead atoms. The van der Waals surface area contributed by atoms with Crippen LogP contribution in [0.2, 0.25) is 0 Å². The minimum Gasteiger partial charge on any atom is -0.454 e. The molecule has 0 radical (unpaired) electrons. The number of hydrogen-bond acceptors (Lipinski definition) is 4. The van der Waals surface area contributed by atoms with Crippen molar-refractivity contribution in [3.63, 3.8) is 0 Å². The number of benzene rings is 1. The van der Waals surface area contributed by atoms with Crippen molar-refractivity contribution in [1.82, 2.24) is 9.80 Å². The lowest BCUT2D eigenvalue weighted by Gasteiger charge is -2.40. The Hall–Kier alpha value is -1.75. The van der Waals surface area contributed by atoms with E-state index in [0.717, 1.165) is 37.6 Å². The molecule has 1 amide bonds. The molecule has 1 atom stereocenters. The largest absolute Gasteiger partial charge is 0.454 e. The number of carbonyl (C=O) groups is 1. The normalized spacial score (nSPS) is 18.9. The summed E-state index contributed by atoms with van der Waals surface area (Å²) >= 11 is 0. The van der Waals surface area contributed by atoms with Crippen LogP contribution in [0.4, 0.5) is 0 Å². The fourth-order valence-corrected chi connectivity index (χ4v) is 3.29. The Morgan fingerprint density at radius 2 is 2.09 bits per heavy atom. The molecule has 2 heterocycles. The van der Waals surface area contributed by atoms with E-state index in [-0.39, 0.29) is 17.9 Å². The number of ether oxygens (including phenoxy) is 2. The molecule has 2 aliphatic heterocycles. The third-order valence-corrected chi connectivity index (χ3v) is 4.54. The van der Waals surface area contributed by atoms with Crippen molar-refractivity contribution < 1.29 is 14.3 Å². The number of nitrogens with zero attached hydrogens (tertiary/aromatic N) is 2. The predicted molar refractivity (Wildman–Crippen MR) is 84.1 cm³/mol. The van der Waals surface area contributed by atoms with Gasteiger partial charge in [-0.3, -0.25) is 4.79 Å². The van der Waals surface area contributed by atoms with Crippen molar-refractivity contribution in [3.8, 4) is 11.5 Å². The van der Waals surface area contributed by atoms with Crippen molar-refractivity contribution in [2.24, 2.45) is 5.92 Å². The molecular formula is C17H24N2O3. The van der Waals surface area contributed by atoms with Crippen LogP contribution in [0.5, 0.6) is 11.5 Å². The summed E-state index contributed by atoms with van der Waals surface area (Å²) in [5.41, 5.74) is 1.17. The van der Waals surface area contributed by atoms with Crippen LogP contribution in [-0.4, -0.2) is 55.2 Å². The molecule has 120 valence electrons. The van der Waals surface area contributed by atoms with Gasteiger partial charge >= 0.3 is 0 Å². The van der Waals surface area contributed by atoms with E-state index in [9.17, 15) is 4.79 Å². The highest BCUT2D eigenvalue weighted by atomic mass is 16.7. The average molecular weight is 304 g/mol. The molecular weight excluding hydrogens is 280 g/mol. The Balaban J connectivity index is 1.64. The number of rotatable bonds is 5. The van der Waals surface area contributed by atoms with Crippen LogP contribution >= 0.6 is 0 Å². The molecule has 5 nitrogen and oxygen atoms in total. The monoisotopic (exact) mass is 304 g/mol. The van der Waals surface area contributed by atoms with Crippen LogP contribution in [0, 0.1) is 5.92 Å². The third kappa shape index (κ3) is 2.90. The number of carbonyl (C=O) groups excluding carboxylic acids is 1.